The third kappa shape index (κ3) is 4.84. The highest BCUT2D eigenvalue weighted by Crippen LogP contribution is 2.23. The van der Waals surface area contributed by atoms with E-state index in [0.717, 1.165) is 17.4 Å². The van der Waals surface area contributed by atoms with E-state index in [4.69, 9.17) is 11.6 Å². The number of rotatable bonds is 5. The number of halogens is 1. The van der Waals surface area contributed by atoms with Gasteiger partial charge in [0.05, 0.1) is 17.1 Å². The second-order valence-corrected chi connectivity index (χ2v) is 8.91. The molecule has 0 saturated carbocycles. The molecule has 9 heteroatoms. The zero-order valence-corrected chi connectivity index (χ0v) is 19.5. The van der Waals surface area contributed by atoms with Gasteiger partial charge in [0.15, 0.2) is 0 Å². The molecule has 1 aliphatic rings. The molecule has 4 aromatic rings. The highest BCUT2D eigenvalue weighted by atomic mass is 35.5. The van der Waals surface area contributed by atoms with Gasteiger partial charge in [0.25, 0.3) is 17.4 Å². The summed E-state index contributed by atoms with van der Waals surface area (Å²) >= 11 is 6.13. The van der Waals surface area contributed by atoms with Gasteiger partial charge in [-0.15, -0.1) is 0 Å². The highest BCUT2D eigenvalue weighted by Gasteiger charge is 2.28. The molecule has 4 N–H and O–H groups in total. The maximum absolute atomic E-state index is 12.9. The second-order valence-electron chi connectivity index (χ2n) is 8.51. The predicted octanol–water partition coefficient (Wildman–Crippen LogP) is 2.86. The Bertz CT molecular complexity index is 1440. The van der Waals surface area contributed by atoms with Crippen molar-refractivity contribution in [3.05, 3.63) is 99.6 Å². The molecule has 0 spiro atoms. The predicted molar refractivity (Wildman–Crippen MR) is 135 cm³/mol. The fourth-order valence-corrected chi connectivity index (χ4v) is 4.55. The van der Waals surface area contributed by atoms with Crippen molar-refractivity contribution in [3.63, 3.8) is 0 Å². The number of pyridine rings is 1. The molecule has 2 atom stereocenters. The van der Waals surface area contributed by atoms with Gasteiger partial charge < -0.3 is 20.9 Å². The Morgan fingerprint density at radius 1 is 0.943 bits per heavy atom. The number of nitrogens with one attached hydrogen (secondary N) is 4. The van der Waals surface area contributed by atoms with Crippen LogP contribution in [0.3, 0.4) is 0 Å². The first-order valence-electron chi connectivity index (χ1n) is 11.4. The van der Waals surface area contributed by atoms with Crippen LogP contribution in [0, 0.1) is 0 Å². The van der Waals surface area contributed by atoms with Crippen molar-refractivity contribution in [1.82, 2.24) is 25.5 Å². The summed E-state index contributed by atoms with van der Waals surface area (Å²) in [5.41, 5.74) is 2.32. The van der Waals surface area contributed by atoms with E-state index in [2.05, 4.69) is 20.9 Å². The molecule has 2 unspecified atom stereocenters. The average molecular weight is 490 g/mol. The van der Waals surface area contributed by atoms with Gasteiger partial charge in [-0.1, -0.05) is 23.7 Å². The molecule has 2 aromatic heterocycles. The van der Waals surface area contributed by atoms with E-state index in [-0.39, 0.29) is 29.5 Å². The van der Waals surface area contributed by atoms with Crippen LogP contribution in [0.2, 0.25) is 5.02 Å². The number of H-pyrrole nitrogens is 1. The number of fused-ring (bicyclic) bond motifs is 1. The maximum Gasteiger partial charge on any atom is 0.255 e. The quantitative estimate of drug-likeness (QED) is 0.345. The van der Waals surface area contributed by atoms with Gasteiger partial charge in [-0.25, -0.2) is 0 Å². The Morgan fingerprint density at radius 3 is 2.49 bits per heavy atom. The van der Waals surface area contributed by atoms with Crippen LogP contribution in [0.25, 0.3) is 16.6 Å². The SMILES string of the molecule is O=C(NC1CCNCC1NC(=O)c1ccc2c(Cl)c[nH]c2c1)c1ccc(-n2ccccc2=O)cc1. The lowest BCUT2D eigenvalue weighted by molar-refractivity contribution is 0.0869. The van der Waals surface area contributed by atoms with Crippen LogP contribution < -0.4 is 21.5 Å². The third-order valence-corrected chi connectivity index (χ3v) is 6.55. The fourth-order valence-electron chi connectivity index (χ4n) is 4.33. The Kier molecular flexibility index (Phi) is 6.39. The van der Waals surface area contributed by atoms with Gasteiger partial charge >= 0.3 is 0 Å². The molecule has 178 valence electrons. The molecule has 0 radical (unpaired) electrons. The van der Waals surface area contributed by atoms with Crippen molar-refractivity contribution in [1.29, 1.82) is 0 Å². The van der Waals surface area contributed by atoms with Crippen molar-refractivity contribution in [3.8, 4) is 5.69 Å². The zero-order chi connectivity index (χ0) is 24.4. The van der Waals surface area contributed by atoms with Crippen LogP contribution >= 0.6 is 11.6 Å². The minimum atomic E-state index is -0.273. The van der Waals surface area contributed by atoms with Crippen LogP contribution in [-0.4, -0.2) is 46.5 Å². The van der Waals surface area contributed by atoms with E-state index in [1.54, 1.807) is 60.9 Å². The fraction of sp³-hybridized carbons (Fsp3) is 0.192. The number of carbonyl (C=O) groups is 2. The zero-order valence-electron chi connectivity index (χ0n) is 18.8. The van der Waals surface area contributed by atoms with Crippen molar-refractivity contribution < 1.29 is 9.59 Å². The molecule has 1 fully saturated rings. The van der Waals surface area contributed by atoms with Crippen molar-refractivity contribution in [2.45, 2.75) is 18.5 Å². The van der Waals surface area contributed by atoms with Crippen molar-refractivity contribution in [2.24, 2.45) is 0 Å². The van der Waals surface area contributed by atoms with Gasteiger partial charge in [0.1, 0.15) is 0 Å². The number of hydrogen-bond donors (Lipinski definition) is 4. The van der Waals surface area contributed by atoms with Crippen LogP contribution in [0.1, 0.15) is 27.1 Å². The van der Waals surface area contributed by atoms with E-state index in [0.29, 0.717) is 34.8 Å². The molecular formula is C26H24ClN5O3. The Balaban J connectivity index is 1.27. The van der Waals surface area contributed by atoms with Crippen LogP contribution in [-0.2, 0) is 0 Å². The largest absolute Gasteiger partial charge is 0.360 e. The van der Waals surface area contributed by atoms with Gasteiger partial charge in [0, 0.05) is 52.7 Å². The summed E-state index contributed by atoms with van der Waals surface area (Å²) in [6, 6.07) is 16.6. The molecule has 2 aromatic carbocycles. The number of benzene rings is 2. The molecule has 8 nitrogen and oxygen atoms in total. The van der Waals surface area contributed by atoms with Crippen molar-refractivity contribution in [2.75, 3.05) is 13.1 Å². The Labute approximate surface area is 206 Å². The van der Waals surface area contributed by atoms with E-state index in [9.17, 15) is 14.4 Å². The molecule has 1 saturated heterocycles. The summed E-state index contributed by atoms with van der Waals surface area (Å²) in [4.78, 5) is 41.0. The lowest BCUT2D eigenvalue weighted by Gasteiger charge is -2.33. The Hall–Kier alpha value is -3.88. The van der Waals surface area contributed by atoms with E-state index < -0.39 is 0 Å². The normalized spacial score (nSPS) is 17.7. The number of aromatic amines is 1. The molecular weight excluding hydrogens is 466 g/mol. The number of carbonyl (C=O) groups excluding carboxylic acids is 2. The number of nitrogens with zero attached hydrogens (tertiary/aromatic N) is 1. The lowest BCUT2D eigenvalue weighted by atomic mass is 9.99. The van der Waals surface area contributed by atoms with Crippen molar-refractivity contribution >= 4 is 34.3 Å². The minimum Gasteiger partial charge on any atom is -0.360 e. The lowest BCUT2D eigenvalue weighted by Crippen LogP contribution is -2.59. The molecule has 3 heterocycles. The summed E-state index contributed by atoms with van der Waals surface area (Å²) < 4.78 is 1.51. The van der Waals surface area contributed by atoms with E-state index >= 15 is 0 Å². The molecule has 5 rings (SSSR count). The smallest absolute Gasteiger partial charge is 0.255 e. The standard InChI is InChI=1S/C26H24ClN5O3/c27-20-14-29-22-13-17(6-9-19(20)22)26(35)31-23-15-28-11-10-21(23)30-25(34)16-4-7-18(8-5-16)32-12-2-1-3-24(32)33/h1-9,12-14,21,23,28-29H,10-11,15H2,(H,30,34)(H,31,35). The monoisotopic (exact) mass is 489 g/mol. The Morgan fingerprint density at radius 2 is 1.69 bits per heavy atom. The number of piperidine rings is 1. The third-order valence-electron chi connectivity index (χ3n) is 6.24. The summed E-state index contributed by atoms with van der Waals surface area (Å²) in [7, 11) is 0. The van der Waals surface area contributed by atoms with Crippen LogP contribution in [0.5, 0.6) is 0 Å². The summed E-state index contributed by atoms with van der Waals surface area (Å²) in [5.74, 6) is -0.450. The number of hydrogen-bond acceptors (Lipinski definition) is 4. The van der Waals surface area contributed by atoms with Gasteiger partial charge in [0.2, 0.25) is 0 Å². The first-order valence-corrected chi connectivity index (χ1v) is 11.7. The molecule has 1 aliphatic heterocycles. The maximum atomic E-state index is 12.9. The molecule has 2 amide bonds. The summed E-state index contributed by atoms with van der Waals surface area (Å²) in [5, 5.41) is 10.8. The van der Waals surface area contributed by atoms with E-state index in [1.807, 2.05) is 6.07 Å². The van der Waals surface area contributed by atoms with E-state index in [1.165, 1.54) is 10.6 Å². The topological polar surface area (TPSA) is 108 Å². The summed E-state index contributed by atoms with van der Waals surface area (Å²) in [6.45, 7) is 1.28. The average Bonchev–Trinajstić information content (AvgIpc) is 3.25. The first-order chi connectivity index (χ1) is 17.0. The minimum absolute atomic E-state index is 0.142. The molecule has 35 heavy (non-hydrogen) atoms. The van der Waals surface area contributed by atoms with Gasteiger partial charge in [-0.05, 0) is 55.4 Å². The molecule has 0 bridgehead atoms. The second kappa shape index (κ2) is 9.77. The summed E-state index contributed by atoms with van der Waals surface area (Å²) in [6.07, 6.45) is 4.05. The highest BCUT2D eigenvalue weighted by molar-refractivity contribution is 6.35. The van der Waals surface area contributed by atoms with Gasteiger partial charge in [-0.2, -0.15) is 0 Å². The van der Waals surface area contributed by atoms with Crippen LogP contribution in [0.15, 0.2) is 77.9 Å². The van der Waals surface area contributed by atoms with Crippen LogP contribution in [0.4, 0.5) is 0 Å². The number of amides is 2. The number of aromatic nitrogens is 2. The van der Waals surface area contributed by atoms with Gasteiger partial charge in [-0.3, -0.25) is 19.0 Å². The first kappa shape index (κ1) is 22.9. The molecule has 0 aliphatic carbocycles.